The second-order valence-electron chi connectivity index (χ2n) is 2.93. The van der Waals surface area contributed by atoms with Crippen molar-refractivity contribution in [3.05, 3.63) is 29.8 Å². The molecule has 1 heterocycles. The van der Waals surface area contributed by atoms with E-state index in [1.165, 1.54) is 0 Å². The highest BCUT2D eigenvalue weighted by Gasteiger charge is 2.22. The molecular formula is C9H11N3O3S. The molecule has 6 nitrogen and oxygen atoms in total. The number of hydrogen-bond acceptors (Lipinski definition) is 4. The normalized spacial score (nSPS) is 16.9. The van der Waals surface area contributed by atoms with Crippen molar-refractivity contribution in [1.29, 1.82) is 0 Å². The van der Waals surface area contributed by atoms with Crippen molar-refractivity contribution in [3.63, 3.8) is 0 Å². The van der Waals surface area contributed by atoms with Crippen LogP contribution in [0.25, 0.3) is 0 Å². The van der Waals surface area contributed by atoms with Crippen LogP contribution in [0.5, 0.6) is 0 Å². The van der Waals surface area contributed by atoms with Crippen LogP contribution in [0.2, 0.25) is 0 Å². The van der Waals surface area contributed by atoms with E-state index >= 15 is 0 Å². The van der Waals surface area contributed by atoms with E-state index in [0.717, 1.165) is 17.0 Å². The molecule has 0 bridgehead atoms. The lowest BCUT2D eigenvalue weighted by atomic mass is 10.2. The number of carbonyl (C=O) groups excluding carboxylic acids is 2. The van der Waals surface area contributed by atoms with Crippen molar-refractivity contribution in [2.24, 2.45) is 11.5 Å². The molecule has 0 fully saturated rings. The Morgan fingerprint density at radius 2 is 1.81 bits per heavy atom. The van der Waals surface area contributed by atoms with E-state index in [-0.39, 0.29) is 0 Å². The van der Waals surface area contributed by atoms with Gasteiger partial charge in [-0.05, 0) is 6.07 Å². The Morgan fingerprint density at radius 3 is 2.31 bits per heavy atom. The van der Waals surface area contributed by atoms with E-state index in [1.807, 2.05) is 24.3 Å². The van der Waals surface area contributed by atoms with Gasteiger partial charge in [-0.2, -0.15) is 0 Å². The number of hydrogen-bond donors (Lipinski definition) is 3. The molecule has 2 rings (SSSR count). The average Bonchev–Trinajstić information content (AvgIpc) is 2.62. The molecule has 0 spiro atoms. The van der Waals surface area contributed by atoms with Crippen molar-refractivity contribution < 1.29 is 14.1 Å². The van der Waals surface area contributed by atoms with Gasteiger partial charge in [-0.25, -0.2) is 0 Å². The maximum Gasteiger partial charge on any atom is 0.306 e. The molecule has 16 heavy (non-hydrogen) atoms. The monoisotopic (exact) mass is 241 g/mol. The molecule has 0 radical (unpaired) electrons. The number of fused-ring (bicyclic) bond motifs is 1. The number of amides is 2. The molecule has 1 aromatic carbocycles. The van der Waals surface area contributed by atoms with Gasteiger partial charge in [0.1, 0.15) is 0 Å². The first-order chi connectivity index (χ1) is 7.52. The highest BCUT2D eigenvalue weighted by Crippen LogP contribution is 2.20. The maximum atomic E-state index is 11.1. The summed E-state index contributed by atoms with van der Waals surface area (Å²) in [5.41, 5.74) is 9.80. The summed E-state index contributed by atoms with van der Waals surface area (Å²) in [6.07, 6.45) is 0. The first-order valence-electron chi connectivity index (χ1n) is 4.34. The number of nitrogens with two attached hydrogens (primary N) is 2. The summed E-state index contributed by atoms with van der Waals surface area (Å²) >= 11 is -0.948. The van der Waals surface area contributed by atoms with Gasteiger partial charge in [0.05, 0.1) is 17.9 Å². The van der Waals surface area contributed by atoms with Gasteiger partial charge in [-0.1, -0.05) is 18.2 Å². The summed E-state index contributed by atoms with van der Waals surface area (Å²) in [4.78, 5) is 19.8. The highest BCUT2D eigenvalue weighted by molar-refractivity contribution is 7.89. The minimum Gasteiger partial charge on any atom is -0.593 e. The van der Waals surface area contributed by atoms with Crippen LogP contribution in [-0.4, -0.2) is 16.4 Å². The molecule has 0 aromatic heterocycles. The van der Waals surface area contributed by atoms with Gasteiger partial charge < -0.3 is 16.0 Å². The smallest absolute Gasteiger partial charge is 0.306 e. The van der Waals surface area contributed by atoms with Crippen LogP contribution >= 0.6 is 0 Å². The molecule has 7 heteroatoms. The Kier molecular flexibility index (Phi) is 4.29. The number of rotatable bonds is 0. The molecule has 0 saturated carbocycles. The Hall–Kier alpha value is -1.57. The molecule has 1 aliphatic heterocycles. The average molecular weight is 241 g/mol. The zero-order chi connectivity index (χ0) is 12.1. The summed E-state index contributed by atoms with van der Waals surface area (Å²) in [5, 5.41) is 0. The molecule has 1 aliphatic rings. The Labute approximate surface area is 95.3 Å². The van der Waals surface area contributed by atoms with Crippen LogP contribution in [-0.2, 0) is 27.5 Å². The predicted molar refractivity (Wildman–Crippen MR) is 58.1 cm³/mol. The quantitative estimate of drug-likeness (QED) is 0.389. The van der Waals surface area contributed by atoms with Crippen LogP contribution in [0.15, 0.2) is 29.2 Å². The summed E-state index contributed by atoms with van der Waals surface area (Å²) < 4.78 is 13.9. The van der Waals surface area contributed by atoms with Gasteiger partial charge >= 0.3 is 11.8 Å². The number of carbonyl (C=O) groups is 2. The first kappa shape index (κ1) is 12.5. The Bertz CT molecular complexity index is 399. The van der Waals surface area contributed by atoms with E-state index < -0.39 is 23.2 Å². The van der Waals surface area contributed by atoms with Gasteiger partial charge in [0, 0.05) is 5.56 Å². The SMILES string of the molecule is NC(=O)C(N)=O.[O-][S+]1NCc2ccccc21. The molecule has 86 valence electrons. The summed E-state index contributed by atoms with van der Waals surface area (Å²) in [7, 11) is 0. The Morgan fingerprint density at radius 1 is 1.25 bits per heavy atom. The largest absolute Gasteiger partial charge is 0.593 e. The van der Waals surface area contributed by atoms with Gasteiger partial charge in [0.25, 0.3) is 0 Å². The highest BCUT2D eigenvalue weighted by atomic mass is 32.2. The first-order valence-corrected chi connectivity index (χ1v) is 5.49. The van der Waals surface area contributed by atoms with Crippen molar-refractivity contribution in [2.75, 3.05) is 0 Å². The van der Waals surface area contributed by atoms with Crippen molar-refractivity contribution >= 4 is 23.2 Å². The van der Waals surface area contributed by atoms with Crippen LogP contribution in [0, 0.1) is 0 Å². The number of primary amides is 2. The third kappa shape index (κ3) is 3.23. The minimum absolute atomic E-state index is 0.739. The van der Waals surface area contributed by atoms with Crippen LogP contribution in [0.1, 0.15) is 5.56 Å². The number of nitrogens with one attached hydrogen (secondary N) is 1. The van der Waals surface area contributed by atoms with Crippen LogP contribution in [0.4, 0.5) is 0 Å². The molecule has 0 saturated heterocycles. The van der Waals surface area contributed by atoms with Crippen molar-refractivity contribution in [2.45, 2.75) is 11.4 Å². The van der Waals surface area contributed by atoms with E-state index in [0.29, 0.717) is 0 Å². The third-order valence-electron chi connectivity index (χ3n) is 1.81. The van der Waals surface area contributed by atoms with Crippen LogP contribution < -0.4 is 16.2 Å². The fraction of sp³-hybridized carbons (Fsp3) is 0.111. The Balaban J connectivity index is 0.000000187. The second-order valence-corrected chi connectivity index (χ2v) is 4.19. The standard InChI is InChI=1S/C7H7NOS.C2H4N2O2/c9-10-7-4-2-1-3-6(7)5-8-10;3-1(5)2(4)6/h1-4,8H,5H2;(H2,3,5)(H2,4,6). The molecule has 1 unspecified atom stereocenters. The van der Waals surface area contributed by atoms with Gasteiger partial charge in [0.15, 0.2) is 4.90 Å². The zero-order valence-corrected chi connectivity index (χ0v) is 9.12. The van der Waals surface area contributed by atoms with Gasteiger partial charge in [-0.3, -0.25) is 9.59 Å². The maximum absolute atomic E-state index is 11.1. The molecule has 2 amide bonds. The fourth-order valence-corrected chi connectivity index (χ4v) is 2.07. The van der Waals surface area contributed by atoms with E-state index in [2.05, 4.69) is 16.2 Å². The van der Waals surface area contributed by atoms with Crippen molar-refractivity contribution in [1.82, 2.24) is 4.72 Å². The topological polar surface area (TPSA) is 121 Å². The third-order valence-corrected chi connectivity index (χ3v) is 3.01. The van der Waals surface area contributed by atoms with Crippen LogP contribution in [0.3, 0.4) is 0 Å². The van der Waals surface area contributed by atoms with Gasteiger partial charge in [-0.15, -0.1) is 4.72 Å². The second kappa shape index (κ2) is 5.50. The molecule has 5 N–H and O–H groups in total. The molecule has 1 aromatic rings. The molecule has 1 atom stereocenters. The zero-order valence-electron chi connectivity index (χ0n) is 8.30. The lowest BCUT2D eigenvalue weighted by molar-refractivity contribution is -0.135. The fourth-order valence-electron chi connectivity index (χ4n) is 1.05. The summed E-state index contributed by atoms with van der Waals surface area (Å²) in [6, 6.07) is 7.76. The predicted octanol–water partition coefficient (Wildman–Crippen LogP) is -1.23. The minimum atomic E-state index is -1.10. The lowest BCUT2D eigenvalue weighted by Gasteiger charge is -1.99. The van der Waals surface area contributed by atoms with E-state index in [4.69, 9.17) is 0 Å². The molecule has 0 aliphatic carbocycles. The summed E-state index contributed by atoms with van der Waals surface area (Å²) in [6.45, 7) is 0.739. The lowest BCUT2D eigenvalue weighted by Crippen LogP contribution is -2.29. The van der Waals surface area contributed by atoms with E-state index in [9.17, 15) is 14.1 Å². The number of benzene rings is 1. The summed E-state index contributed by atoms with van der Waals surface area (Å²) in [5.74, 6) is -2.20. The van der Waals surface area contributed by atoms with E-state index in [1.54, 1.807) is 0 Å². The molecular weight excluding hydrogens is 230 g/mol. The van der Waals surface area contributed by atoms with Gasteiger partial charge in [0.2, 0.25) is 0 Å². The van der Waals surface area contributed by atoms with Crippen molar-refractivity contribution in [3.8, 4) is 0 Å².